The van der Waals surface area contributed by atoms with Gasteiger partial charge in [-0.3, -0.25) is 9.69 Å². The summed E-state index contributed by atoms with van der Waals surface area (Å²) in [5, 5.41) is 2.44. The predicted molar refractivity (Wildman–Crippen MR) is 88.8 cm³/mol. The topological polar surface area (TPSA) is 50.8 Å². The van der Waals surface area contributed by atoms with Crippen molar-refractivity contribution in [3.05, 3.63) is 53.6 Å². The normalized spacial score (nSPS) is 13.0. The van der Waals surface area contributed by atoms with Gasteiger partial charge in [-0.1, -0.05) is 6.07 Å². The average molecular weight is 348 g/mol. The fraction of sp³-hybridized carbons (Fsp3) is 0.278. The fourth-order valence-corrected chi connectivity index (χ4v) is 2.58. The molecule has 0 fully saturated rings. The van der Waals surface area contributed by atoms with Gasteiger partial charge in [-0.15, -0.1) is 0 Å². The Labute approximate surface area is 144 Å². The Morgan fingerprint density at radius 2 is 1.88 bits per heavy atom. The quantitative estimate of drug-likeness (QED) is 0.903. The molecule has 2 aromatic carbocycles. The van der Waals surface area contributed by atoms with Gasteiger partial charge in [0.15, 0.2) is 11.5 Å². The minimum atomic E-state index is -0.803. The van der Waals surface area contributed by atoms with Gasteiger partial charge < -0.3 is 14.8 Å². The first-order chi connectivity index (χ1) is 12.0. The highest BCUT2D eigenvalue weighted by Crippen LogP contribution is 2.31. The van der Waals surface area contributed by atoms with Crippen molar-refractivity contribution < 1.29 is 23.0 Å². The molecule has 0 saturated heterocycles. The van der Waals surface area contributed by atoms with Gasteiger partial charge in [-0.2, -0.15) is 0 Å². The summed E-state index contributed by atoms with van der Waals surface area (Å²) in [5.41, 5.74) is 0.923. The summed E-state index contributed by atoms with van der Waals surface area (Å²) in [6, 6.07) is 8.64. The molecular formula is C18H18F2N2O3. The van der Waals surface area contributed by atoms with Crippen LogP contribution in [0.2, 0.25) is 0 Å². The SMILES string of the molecule is CN(CC(=O)Nc1ccc(F)cc1F)Cc1ccc2c(c1)OCCO2. The molecule has 25 heavy (non-hydrogen) atoms. The van der Waals surface area contributed by atoms with Gasteiger partial charge in [0, 0.05) is 12.6 Å². The lowest BCUT2D eigenvalue weighted by Crippen LogP contribution is -2.30. The Morgan fingerprint density at radius 1 is 1.12 bits per heavy atom. The second kappa shape index (κ2) is 7.48. The molecule has 2 aromatic rings. The maximum Gasteiger partial charge on any atom is 0.238 e. The summed E-state index contributed by atoms with van der Waals surface area (Å²) < 4.78 is 37.4. The molecule has 0 unspecified atom stereocenters. The number of carbonyl (C=O) groups is 1. The third-order valence-electron chi connectivity index (χ3n) is 3.68. The van der Waals surface area contributed by atoms with E-state index in [4.69, 9.17) is 9.47 Å². The zero-order valence-electron chi connectivity index (χ0n) is 13.7. The number of fused-ring (bicyclic) bond motifs is 1. The van der Waals surface area contributed by atoms with Crippen LogP contribution >= 0.6 is 0 Å². The number of benzene rings is 2. The first kappa shape index (κ1) is 17.2. The third kappa shape index (κ3) is 4.45. The molecule has 0 radical (unpaired) electrons. The average Bonchev–Trinajstić information content (AvgIpc) is 2.57. The van der Waals surface area contributed by atoms with E-state index in [1.54, 1.807) is 11.9 Å². The largest absolute Gasteiger partial charge is 0.486 e. The number of rotatable bonds is 5. The summed E-state index contributed by atoms with van der Waals surface area (Å²) in [5.74, 6) is -0.475. The summed E-state index contributed by atoms with van der Waals surface area (Å²) >= 11 is 0. The van der Waals surface area contributed by atoms with Crippen LogP contribution in [0.5, 0.6) is 11.5 Å². The Morgan fingerprint density at radius 3 is 2.64 bits per heavy atom. The van der Waals surface area contributed by atoms with Crippen molar-refractivity contribution in [3.8, 4) is 11.5 Å². The molecule has 132 valence electrons. The summed E-state index contributed by atoms with van der Waals surface area (Å²) in [6.45, 7) is 1.62. The standard InChI is InChI=1S/C18H18F2N2O3/c1-22(10-12-2-5-16-17(8-12)25-7-6-24-16)11-18(23)21-15-4-3-13(19)9-14(15)20/h2-5,8-9H,6-7,10-11H2,1H3,(H,21,23). The number of hydrogen-bond acceptors (Lipinski definition) is 4. The highest BCUT2D eigenvalue weighted by Gasteiger charge is 2.14. The Balaban J connectivity index is 1.56. The van der Waals surface area contributed by atoms with Crippen molar-refractivity contribution in [1.29, 1.82) is 0 Å². The predicted octanol–water partition coefficient (Wildman–Crippen LogP) is 2.81. The number of anilines is 1. The molecule has 1 aliphatic heterocycles. The molecule has 7 heteroatoms. The summed E-state index contributed by atoms with van der Waals surface area (Å²) in [6.07, 6.45) is 0. The molecule has 0 saturated carbocycles. The second-order valence-electron chi connectivity index (χ2n) is 5.82. The third-order valence-corrected chi connectivity index (χ3v) is 3.68. The van der Waals surface area contributed by atoms with Crippen LogP contribution in [0.1, 0.15) is 5.56 Å². The van der Waals surface area contributed by atoms with E-state index in [0.717, 1.165) is 17.7 Å². The van der Waals surface area contributed by atoms with Crippen LogP contribution in [0.3, 0.4) is 0 Å². The Kier molecular flexibility index (Phi) is 5.14. The molecule has 1 amide bonds. The van der Waals surface area contributed by atoms with Gasteiger partial charge in [-0.05, 0) is 36.9 Å². The van der Waals surface area contributed by atoms with E-state index in [1.807, 2.05) is 18.2 Å². The van der Waals surface area contributed by atoms with Gasteiger partial charge in [0.25, 0.3) is 0 Å². The van der Waals surface area contributed by atoms with E-state index in [0.29, 0.717) is 31.3 Å². The van der Waals surface area contributed by atoms with Crippen LogP contribution in [0.25, 0.3) is 0 Å². The number of carbonyl (C=O) groups excluding carboxylic acids is 1. The molecule has 0 aromatic heterocycles. The van der Waals surface area contributed by atoms with Crippen LogP contribution in [0.4, 0.5) is 14.5 Å². The number of halogens is 2. The molecular weight excluding hydrogens is 330 g/mol. The lowest BCUT2D eigenvalue weighted by Gasteiger charge is -2.21. The van der Waals surface area contributed by atoms with Gasteiger partial charge in [0.2, 0.25) is 5.91 Å². The first-order valence-electron chi connectivity index (χ1n) is 7.83. The van der Waals surface area contributed by atoms with E-state index in [2.05, 4.69) is 5.32 Å². The summed E-state index contributed by atoms with van der Waals surface area (Å²) in [7, 11) is 1.78. The number of ether oxygens (including phenoxy) is 2. The lowest BCUT2D eigenvalue weighted by molar-refractivity contribution is -0.117. The molecule has 5 nitrogen and oxygen atoms in total. The van der Waals surface area contributed by atoms with E-state index in [1.165, 1.54) is 6.07 Å². The number of hydrogen-bond donors (Lipinski definition) is 1. The number of nitrogens with one attached hydrogen (secondary N) is 1. The van der Waals surface area contributed by atoms with Crippen LogP contribution in [-0.2, 0) is 11.3 Å². The van der Waals surface area contributed by atoms with Crippen molar-refractivity contribution in [2.75, 3.05) is 32.1 Å². The molecule has 3 rings (SSSR count). The van der Waals surface area contributed by atoms with Crippen molar-refractivity contribution in [2.24, 2.45) is 0 Å². The number of amides is 1. The van der Waals surface area contributed by atoms with Crippen molar-refractivity contribution in [3.63, 3.8) is 0 Å². The monoisotopic (exact) mass is 348 g/mol. The molecule has 0 aliphatic carbocycles. The highest BCUT2D eigenvalue weighted by atomic mass is 19.1. The molecule has 1 aliphatic rings. The van der Waals surface area contributed by atoms with Gasteiger partial charge >= 0.3 is 0 Å². The lowest BCUT2D eigenvalue weighted by atomic mass is 10.2. The fourth-order valence-electron chi connectivity index (χ4n) is 2.58. The molecule has 1 heterocycles. The number of likely N-dealkylation sites (N-methyl/N-ethyl adjacent to an activating group) is 1. The van der Waals surface area contributed by atoms with Crippen molar-refractivity contribution >= 4 is 11.6 Å². The highest BCUT2D eigenvalue weighted by molar-refractivity contribution is 5.92. The minimum Gasteiger partial charge on any atom is -0.486 e. The molecule has 0 atom stereocenters. The first-order valence-corrected chi connectivity index (χ1v) is 7.83. The maximum atomic E-state index is 13.6. The summed E-state index contributed by atoms with van der Waals surface area (Å²) in [4.78, 5) is 13.8. The van der Waals surface area contributed by atoms with Gasteiger partial charge in [0.1, 0.15) is 24.8 Å². The Bertz CT molecular complexity index is 783. The van der Waals surface area contributed by atoms with Gasteiger partial charge in [-0.25, -0.2) is 8.78 Å². The Hall–Kier alpha value is -2.67. The van der Waals surface area contributed by atoms with Gasteiger partial charge in [0.05, 0.1) is 12.2 Å². The smallest absolute Gasteiger partial charge is 0.238 e. The van der Waals surface area contributed by atoms with Crippen molar-refractivity contribution in [2.45, 2.75) is 6.54 Å². The number of nitrogens with zero attached hydrogens (tertiary/aromatic N) is 1. The van der Waals surface area contributed by atoms with Crippen molar-refractivity contribution in [1.82, 2.24) is 4.90 Å². The zero-order chi connectivity index (χ0) is 17.8. The van der Waals surface area contributed by atoms with Crippen LogP contribution in [0, 0.1) is 11.6 Å². The van der Waals surface area contributed by atoms with Crippen LogP contribution < -0.4 is 14.8 Å². The minimum absolute atomic E-state index is 0.0425. The maximum absolute atomic E-state index is 13.6. The van der Waals surface area contributed by atoms with Crippen LogP contribution in [-0.4, -0.2) is 37.6 Å². The van der Waals surface area contributed by atoms with E-state index in [-0.39, 0.29) is 18.1 Å². The van der Waals surface area contributed by atoms with E-state index < -0.39 is 11.6 Å². The van der Waals surface area contributed by atoms with Crippen LogP contribution in [0.15, 0.2) is 36.4 Å². The zero-order valence-corrected chi connectivity index (χ0v) is 13.7. The van der Waals surface area contributed by atoms with E-state index >= 15 is 0 Å². The molecule has 0 spiro atoms. The van der Waals surface area contributed by atoms with E-state index in [9.17, 15) is 13.6 Å². The molecule has 0 bridgehead atoms. The second-order valence-corrected chi connectivity index (χ2v) is 5.82. The molecule has 1 N–H and O–H groups in total.